The zero-order valence-electron chi connectivity index (χ0n) is 18.4. The molecule has 4 aromatic rings. The molecule has 0 radical (unpaired) electrons. The summed E-state index contributed by atoms with van der Waals surface area (Å²) in [6, 6.07) is 2.92. The molecular weight excluding hydrogens is 426 g/mol. The number of hydrogen-bond acceptors (Lipinski definition) is 5. The molecule has 3 atom stereocenters. The highest BCUT2D eigenvalue weighted by atomic mass is 35.5. The Labute approximate surface area is 190 Å². The maximum atomic E-state index is 13.6. The first-order valence-electron chi connectivity index (χ1n) is 11.1. The number of rotatable bonds is 2. The molecule has 8 nitrogen and oxygen atoms in total. The molecule has 0 saturated carbocycles. The van der Waals surface area contributed by atoms with Crippen LogP contribution in [0.2, 0.25) is 5.02 Å². The van der Waals surface area contributed by atoms with E-state index in [1.165, 1.54) is 0 Å². The van der Waals surface area contributed by atoms with Crippen molar-refractivity contribution in [3.05, 3.63) is 39.4 Å². The van der Waals surface area contributed by atoms with Crippen LogP contribution in [0.5, 0.6) is 0 Å². The molecule has 5 heterocycles. The van der Waals surface area contributed by atoms with Gasteiger partial charge in [0.1, 0.15) is 5.65 Å². The molecule has 3 aromatic heterocycles. The highest BCUT2D eigenvalue weighted by Crippen LogP contribution is 2.40. The lowest BCUT2D eigenvalue weighted by atomic mass is 9.98. The van der Waals surface area contributed by atoms with Crippen LogP contribution < -0.4 is 16.2 Å². The van der Waals surface area contributed by atoms with Gasteiger partial charge in [-0.3, -0.25) is 14.0 Å². The smallest absolute Gasteiger partial charge is 0.264 e. The summed E-state index contributed by atoms with van der Waals surface area (Å²) in [5, 5.41) is 6.54. The van der Waals surface area contributed by atoms with Gasteiger partial charge in [0.05, 0.1) is 15.9 Å². The van der Waals surface area contributed by atoms with Gasteiger partial charge in [0.2, 0.25) is 5.95 Å². The molecule has 32 heavy (non-hydrogen) atoms. The van der Waals surface area contributed by atoms with Gasteiger partial charge in [-0.15, -0.1) is 0 Å². The number of aryl methyl sites for hydroxylation is 2. The van der Waals surface area contributed by atoms with Crippen molar-refractivity contribution in [2.75, 3.05) is 4.90 Å². The standard InChI is InChI=1S/C23H26ClN7O/c1-11-6-15(19(24)17-10-29(2)28-20(11)17)16-9-26-21-18(16)22(32)30(3)23(27-21)31-13-4-5-14(31)8-12(25)7-13/h6,9-10,12-14,26H,4-5,7-8,25H2,1-3H3/t12-,13+,14-. The Morgan fingerprint density at radius 2 is 1.91 bits per heavy atom. The molecular formula is C23H26ClN7O. The van der Waals surface area contributed by atoms with E-state index in [1.807, 2.05) is 39.5 Å². The summed E-state index contributed by atoms with van der Waals surface area (Å²) in [7, 11) is 3.69. The largest absolute Gasteiger partial charge is 0.345 e. The molecule has 0 amide bonds. The number of nitrogens with one attached hydrogen (secondary N) is 1. The number of benzene rings is 1. The normalized spacial score (nSPS) is 23.0. The minimum Gasteiger partial charge on any atom is -0.345 e. The Hall–Kier alpha value is -2.84. The van der Waals surface area contributed by atoms with Crippen molar-refractivity contribution in [3.63, 3.8) is 0 Å². The van der Waals surface area contributed by atoms with Crippen LogP contribution >= 0.6 is 11.6 Å². The predicted molar refractivity (Wildman–Crippen MR) is 127 cm³/mol. The maximum Gasteiger partial charge on any atom is 0.264 e. The minimum atomic E-state index is -0.0736. The van der Waals surface area contributed by atoms with Crippen molar-refractivity contribution in [2.45, 2.75) is 50.7 Å². The summed E-state index contributed by atoms with van der Waals surface area (Å²) in [5.41, 5.74) is 10.2. The van der Waals surface area contributed by atoms with E-state index in [0.717, 1.165) is 59.2 Å². The molecule has 166 valence electrons. The van der Waals surface area contributed by atoms with Crippen LogP contribution in [-0.4, -0.2) is 42.4 Å². The molecule has 2 saturated heterocycles. The predicted octanol–water partition coefficient (Wildman–Crippen LogP) is 3.24. The molecule has 6 rings (SSSR count). The first-order chi connectivity index (χ1) is 15.3. The fourth-order valence-corrected chi connectivity index (χ4v) is 6.06. The number of fused-ring (bicyclic) bond motifs is 4. The van der Waals surface area contributed by atoms with Gasteiger partial charge in [-0.2, -0.15) is 10.1 Å². The number of nitrogens with two attached hydrogens (primary N) is 1. The summed E-state index contributed by atoms with van der Waals surface area (Å²) in [6.07, 6.45) is 7.84. The second-order valence-electron chi connectivity index (χ2n) is 9.35. The second-order valence-corrected chi connectivity index (χ2v) is 9.72. The van der Waals surface area contributed by atoms with Crippen LogP contribution in [0.15, 0.2) is 23.3 Å². The zero-order chi connectivity index (χ0) is 22.3. The lowest BCUT2D eigenvalue weighted by Gasteiger charge is -2.38. The lowest BCUT2D eigenvalue weighted by molar-refractivity contribution is 0.405. The third kappa shape index (κ3) is 2.69. The van der Waals surface area contributed by atoms with Crippen molar-refractivity contribution >= 4 is 39.5 Å². The Morgan fingerprint density at radius 1 is 1.19 bits per heavy atom. The fraction of sp³-hybridized carbons (Fsp3) is 0.435. The summed E-state index contributed by atoms with van der Waals surface area (Å²) >= 11 is 6.81. The van der Waals surface area contributed by atoms with Crippen molar-refractivity contribution in [3.8, 4) is 11.1 Å². The molecule has 0 aliphatic carbocycles. The van der Waals surface area contributed by atoms with Crippen LogP contribution in [0.1, 0.15) is 31.2 Å². The molecule has 2 aliphatic heterocycles. The summed E-state index contributed by atoms with van der Waals surface area (Å²) in [6.45, 7) is 2.01. The average molecular weight is 452 g/mol. The number of aromatic nitrogens is 5. The molecule has 2 fully saturated rings. The topological polar surface area (TPSA) is 97.8 Å². The van der Waals surface area contributed by atoms with Gasteiger partial charge >= 0.3 is 0 Å². The number of piperidine rings is 1. The Morgan fingerprint density at radius 3 is 2.62 bits per heavy atom. The van der Waals surface area contributed by atoms with Crippen LogP contribution in [0, 0.1) is 6.92 Å². The van der Waals surface area contributed by atoms with Gasteiger partial charge in [-0.25, -0.2) is 0 Å². The van der Waals surface area contributed by atoms with Gasteiger partial charge in [-0.1, -0.05) is 11.6 Å². The quantitative estimate of drug-likeness (QED) is 0.487. The van der Waals surface area contributed by atoms with Crippen molar-refractivity contribution in [1.82, 2.24) is 24.3 Å². The minimum absolute atomic E-state index is 0.0736. The van der Waals surface area contributed by atoms with E-state index in [9.17, 15) is 4.79 Å². The van der Waals surface area contributed by atoms with Crippen molar-refractivity contribution in [2.24, 2.45) is 19.8 Å². The Balaban J connectivity index is 1.54. The van der Waals surface area contributed by atoms with E-state index < -0.39 is 0 Å². The van der Waals surface area contributed by atoms with E-state index in [1.54, 1.807) is 9.25 Å². The SMILES string of the molecule is Cc1cc(-c2c[nH]c3nc(N4[C@@H]5CC[C@H]4C[C@@H](N)C5)n(C)c(=O)c23)c(Cl)c2cn(C)nc12. The van der Waals surface area contributed by atoms with E-state index in [0.29, 0.717) is 28.1 Å². The molecule has 9 heteroatoms. The van der Waals surface area contributed by atoms with Crippen molar-refractivity contribution in [1.29, 1.82) is 0 Å². The van der Waals surface area contributed by atoms with E-state index in [4.69, 9.17) is 22.3 Å². The number of hydrogen-bond donors (Lipinski definition) is 2. The monoisotopic (exact) mass is 451 g/mol. The highest BCUT2D eigenvalue weighted by Gasteiger charge is 2.41. The number of anilines is 1. The van der Waals surface area contributed by atoms with Crippen LogP contribution in [0.3, 0.4) is 0 Å². The van der Waals surface area contributed by atoms with Crippen LogP contribution in [-0.2, 0) is 14.1 Å². The van der Waals surface area contributed by atoms with E-state index in [-0.39, 0.29) is 11.6 Å². The van der Waals surface area contributed by atoms with Gasteiger partial charge < -0.3 is 15.6 Å². The number of H-pyrrole nitrogens is 1. The van der Waals surface area contributed by atoms with Crippen molar-refractivity contribution < 1.29 is 0 Å². The molecule has 0 unspecified atom stereocenters. The molecule has 2 bridgehead atoms. The number of nitrogens with zero attached hydrogens (tertiary/aromatic N) is 5. The Bertz CT molecular complexity index is 1430. The summed E-state index contributed by atoms with van der Waals surface area (Å²) in [4.78, 5) is 24.1. The van der Waals surface area contributed by atoms with Gasteiger partial charge in [0, 0.05) is 61.1 Å². The molecule has 3 N–H and O–H groups in total. The van der Waals surface area contributed by atoms with E-state index in [2.05, 4.69) is 15.0 Å². The van der Waals surface area contributed by atoms with Crippen LogP contribution in [0.25, 0.3) is 33.1 Å². The summed E-state index contributed by atoms with van der Waals surface area (Å²) in [5.74, 6) is 0.722. The summed E-state index contributed by atoms with van der Waals surface area (Å²) < 4.78 is 3.44. The average Bonchev–Trinajstić information content (AvgIpc) is 3.42. The fourth-order valence-electron chi connectivity index (χ4n) is 5.77. The highest BCUT2D eigenvalue weighted by molar-refractivity contribution is 6.38. The zero-order valence-corrected chi connectivity index (χ0v) is 19.1. The lowest BCUT2D eigenvalue weighted by Crippen LogP contribution is -2.49. The van der Waals surface area contributed by atoms with Gasteiger partial charge in [0.25, 0.3) is 5.56 Å². The van der Waals surface area contributed by atoms with E-state index >= 15 is 0 Å². The van der Waals surface area contributed by atoms with Gasteiger partial charge in [0.15, 0.2) is 0 Å². The first-order valence-corrected chi connectivity index (χ1v) is 11.5. The second kappa shape index (κ2) is 6.83. The molecule has 0 spiro atoms. The third-order valence-corrected chi connectivity index (χ3v) is 7.62. The van der Waals surface area contributed by atoms with Gasteiger partial charge in [-0.05, 0) is 44.2 Å². The molecule has 2 aliphatic rings. The number of halogens is 1. The van der Waals surface area contributed by atoms with Crippen LogP contribution in [0.4, 0.5) is 5.95 Å². The maximum absolute atomic E-state index is 13.6. The number of aromatic amines is 1. The third-order valence-electron chi connectivity index (χ3n) is 7.22. The Kier molecular flexibility index (Phi) is 4.23. The first kappa shape index (κ1) is 19.8. The molecule has 1 aromatic carbocycles.